The zero-order chi connectivity index (χ0) is 12.6. The smallest absolute Gasteiger partial charge is 0.0985 e. The zero-order valence-electron chi connectivity index (χ0n) is 9.96. The van der Waals surface area contributed by atoms with Gasteiger partial charge in [0, 0.05) is 12.1 Å². The van der Waals surface area contributed by atoms with Crippen molar-refractivity contribution in [3.8, 4) is 6.07 Å². The lowest BCUT2D eigenvalue weighted by atomic mass is 10.1. The van der Waals surface area contributed by atoms with Crippen molar-refractivity contribution in [1.82, 2.24) is 0 Å². The molecule has 84 valence electrons. The van der Waals surface area contributed by atoms with Crippen molar-refractivity contribution in [2.45, 2.75) is 13.8 Å². The van der Waals surface area contributed by atoms with Crippen LogP contribution in [0.4, 0.5) is 0 Å². The topological polar surface area (TPSA) is 49.8 Å². The molecule has 0 aromatic carbocycles. The highest BCUT2D eigenvalue weighted by Gasteiger charge is 1.91. The van der Waals surface area contributed by atoms with Gasteiger partial charge in [-0.25, -0.2) is 0 Å². The molecule has 0 spiro atoms. The minimum absolute atomic E-state index is 0.419. The van der Waals surface area contributed by atoms with Gasteiger partial charge in [-0.3, -0.25) is 0 Å². The molecule has 2 nitrogen and oxygen atoms in total. The second-order valence-electron chi connectivity index (χ2n) is 3.56. The molecule has 0 aromatic rings. The fraction of sp³-hybridized carbons (Fsp3) is 0.214. The lowest BCUT2D eigenvalue weighted by molar-refractivity contribution is 1.14. The molecule has 2 N–H and O–H groups in total. The Bertz CT molecular complexity index is 401. The molecule has 16 heavy (non-hydrogen) atoms. The molecule has 0 fully saturated rings. The minimum Gasteiger partial charge on any atom is -0.327 e. The van der Waals surface area contributed by atoms with Gasteiger partial charge < -0.3 is 5.73 Å². The fourth-order valence-corrected chi connectivity index (χ4v) is 0.812. The molecule has 0 unspecified atom stereocenters. The van der Waals surface area contributed by atoms with Crippen LogP contribution in [-0.4, -0.2) is 6.54 Å². The number of nitrogens with zero attached hydrogens (tertiary/aromatic N) is 1. The van der Waals surface area contributed by atoms with E-state index in [1.807, 2.05) is 32.1 Å². The van der Waals surface area contributed by atoms with Gasteiger partial charge in [0.1, 0.15) is 0 Å². The molecule has 2 heteroatoms. The summed E-state index contributed by atoms with van der Waals surface area (Å²) in [6, 6.07) is 1.95. The molecule has 0 aromatic heterocycles. The van der Waals surface area contributed by atoms with Crippen molar-refractivity contribution in [2.24, 2.45) is 5.73 Å². The molecule has 0 bridgehead atoms. The Morgan fingerprint density at radius 3 is 2.38 bits per heavy atom. The van der Waals surface area contributed by atoms with Gasteiger partial charge in [0.15, 0.2) is 0 Å². The average Bonchev–Trinajstić information content (AvgIpc) is 2.31. The van der Waals surface area contributed by atoms with Crippen LogP contribution < -0.4 is 5.73 Å². The van der Waals surface area contributed by atoms with Crippen LogP contribution in [0.2, 0.25) is 0 Å². The Labute approximate surface area is 97.8 Å². The van der Waals surface area contributed by atoms with Crippen LogP contribution in [0.3, 0.4) is 0 Å². The summed E-state index contributed by atoms with van der Waals surface area (Å²) in [4.78, 5) is 0. The summed E-state index contributed by atoms with van der Waals surface area (Å²) in [6.07, 6.45) is 7.36. The van der Waals surface area contributed by atoms with E-state index in [-0.39, 0.29) is 0 Å². The second kappa shape index (κ2) is 7.44. The van der Waals surface area contributed by atoms with Gasteiger partial charge in [-0.15, -0.1) is 0 Å². The maximum Gasteiger partial charge on any atom is 0.0985 e. The molecule has 0 saturated heterocycles. The van der Waals surface area contributed by atoms with E-state index in [0.29, 0.717) is 12.1 Å². The van der Waals surface area contributed by atoms with Gasteiger partial charge in [-0.05, 0) is 31.1 Å². The van der Waals surface area contributed by atoms with E-state index in [1.165, 1.54) is 0 Å². The second-order valence-corrected chi connectivity index (χ2v) is 3.56. The fourth-order valence-electron chi connectivity index (χ4n) is 0.812. The van der Waals surface area contributed by atoms with E-state index in [2.05, 4.69) is 13.2 Å². The molecule has 0 radical (unpaired) electrons. The summed E-state index contributed by atoms with van der Waals surface area (Å²) in [6.45, 7) is 11.9. The molecule has 0 atom stereocenters. The van der Waals surface area contributed by atoms with Gasteiger partial charge in [-0.1, -0.05) is 37.0 Å². The van der Waals surface area contributed by atoms with Crippen molar-refractivity contribution >= 4 is 0 Å². The molecular weight excluding hydrogens is 196 g/mol. The summed E-state index contributed by atoms with van der Waals surface area (Å²) in [7, 11) is 0. The molecule has 0 heterocycles. The number of rotatable bonds is 5. The van der Waals surface area contributed by atoms with Crippen LogP contribution in [0.15, 0.2) is 59.8 Å². The first kappa shape index (κ1) is 14.2. The Hall–Kier alpha value is -1.85. The first-order chi connectivity index (χ1) is 7.51. The van der Waals surface area contributed by atoms with E-state index < -0.39 is 0 Å². The summed E-state index contributed by atoms with van der Waals surface area (Å²) in [5.74, 6) is 0. The van der Waals surface area contributed by atoms with Crippen molar-refractivity contribution in [3.63, 3.8) is 0 Å². The highest BCUT2D eigenvalue weighted by atomic mass is 14.5. The SMILES string of the molecule is C=C(C#N)/C=C\C(=C)/C(C)=C/C=C(\C)CN. The van der Waals surface area contributed by atoms with Gasteiger partial charge in [-0.2, -0.15) is 5.26 Å². The maximum atomic E-state index is 8.53. The molecule has 0 aliphatic carbocycles. The number of allylic oxidation sites excluding steroid dienone is 7. The lowest BCUT2D eigenvalue weighted by Crippen LogP contribution is -1.98. The number of nitriles is 1. The van der Waals surface area contributed by atoms with Gasteiger partial charge in [0.05, 0.1) is 6.07 Å². The summed E-state index contributed by atoms with van der Waals surface area (Å²) >= 11 is 0. The number of hydrogen-bond acceptors (Lipinski definition) is 2. The Morgan fingerprint density at radius 1 is 1.25 bits per heavy atom. The van der Waals surface area contributed by atoms with Gasteiger partial charge >= 0.3 is 0 Å². The summed E-state index contributed by atoms with van der Waals surface area (Å²) < 4.78 is 0. The molecule has 0 amide bonds. The highest BCUT2D eigenvalue weighted by molar-refractivity contribution is 5.42. The number of hydrogen-bond donors (Lipinski definition) is 1. The van der Waals surface area contributed by atoms with Crippen molar-refractivity contribution < 1.29 is 0 Å². The first-order valence-corrected chi connectivity index (χ1v) is 5.01. The van der Waals surface area contributed by atoms with E-state index in [4.69, 9.17) is 11.0 Å². The highest BCUT2D eigenvalue weighted by Crippen LogP contribution is 2.10. The van der Waals surface area contributed by atoms with Crippen LogP contribution in [0.1, 0.15) is 13.8 Å². The van der Waals surface area contributed by atoms with Gasteiger partial charge in [0.2, 0.25) is 0 Å². The normalized spacial score (nSPS) is 12.6. The molecule has 0 saturated carbocycles. The third-order valence-corrected chi connectivity index (χ3v) is 2.08. The van der Waals surface area contributed by atoms with E-state index in [0.717, 1.165) is 16.7 Å². The molecular formula is C14H18N2. The molecule has 0 aliphatic rings. The van der Waals surface area contributed by atoms with Crippen molar-refractivity contribution in [2.75, 3.05) is 6.54 Å². The van der Waals surface area contributed by atoms with E-state index in [9.17, 15) is 0 Å². The third-order valence-electron chi connectivity index (χ3n) is 2.08. The van der Waals surface area contributed by atoms with Crippen LogP contribution in [0.5, 0.6) is 0 Å². The Balaban J connectivity index is 4.59. The van der Waals surface area contributed by atoms with Gasteiger partial charge in [0.25, 0.3) is 0 Å². The monoisotopic (exact) mass is 214 g/mol. The number of nitrogens with two attached hydrogens (primary N) is 1. The first-order valence-electron chi connectivity index (χ1n) is 5.01. The van der Waals surface area contributed by atoms with Crippen LogP contribution >= 0.6 is 0 Å². The van der Waals surface area contributed by atoms with Crippen LogP contribution in [-0.2, 0) is 0 Å². The minimum atomic E-state index is 0.419. The quantitative estimate of drug-likeness (QED) is 0.565. The molecule has 0 aliphatic heterocycles. The van der Waals surface area contributed by atoms with E-state index in [1.54, 1.807) is 12.2 Å². The maximum absolute atomic E-state index is 8.53. The zero-order valence-corrected chi connectivity index (χ0v) is 9.96. The average molecular weight is 214 g/mol. The lowest BCUT2D eigenvalue weighted by Gasteiger charge is -1.99. The molecule has 0 rings (SSSR count). The predicted molar refractivity (Wildman–Crippen MR) is 69.6 cm³/mol. The predicted octanol–water partition coefficient (Wildman–Crippen LogP) is 3.03. The van der Waals surface area contributed by atoms with Crippen molar-refractivity contribution in [1.29, 1.82) is 5.26 Å². The van der Waals surface area contributed by atoms with Crippen LogP contribution in [0, 0.1) is 11.3 Å². The summed E-state index contributed by atoms with van der Waals surface area (Å²) in [5.41, 5.74) is 8.89. The largest absolute Gasteiger partial charge is 0.327 e. The Kier molecular flexibility index (Phi) is 6.58. The van der Waals surface area contributed by atoms with Crippen LogP contribution in [0.25, 0.3) is 0 Å². The Morgan fingerprint density at radius 2 is 1.88 bits per heavy atom. The standard InChI is InChI=1S/C14H18N2/c1-11(9-15)5-7-13(3)14(4)8-6-12(2)10-16/h5-8H,1,3,10,16H2,2,4H3/b7-5-,12-6+,14-8+. The summed E-state index contributed by atoms with van der Waals surface area (Å²) in [5, 5.41) is 8.53. The third kappa shape index (κ3) is 5.79. The van der Waals surface area contributed by atoms with E-state index >= 15 is 0 Å². The van der Waals surface area contributed by atoms with Crippen molar-refractivity contribution in [3.05, 3.63) is 59.8 Å².